The Morgan fingerprint density at radius 3 is 2.29 bits per heavy atom. The van der Waals surface area contributed by atoms with Crippen LogP contribution in [-0.4, -0.2) is 24.3 Å². The summed E-state index contributed by atoms with van der Waals surface area (Å²) in [4.78, 5) is 24.1. The maximum absolute atomic E-state index is 12.1. The highest BCUT2D eigenvalue weighted by atomic mass is 35.5. The maximum atomic E-state index is 12.1. The third kappa shape index (κ3) is 4.55. The molecule has 0 aliphatic carbocycles. The van der Waals surface area contributed by atoms with E-state index in [4.69, 9.17) is 0 Å². The molecule has 0 aromatic heterocycles. The number of hydrogen-bond acceptors (Lipinski definition) is 3. The van der Waals surface area contributed by atoms with E-state index in [0.29, 0.717) is 5.56 Å². The molecular formula is C16H23ClN2O2. The van der Waals surface area contributed by atoms with Gasteiger partial charge in [-0.2, -0.15) is 0 Å². The van der Waals surface area contributed by atoms with Crippen molar-refractivity contribution in [3.8, 4) is 0 Å². The van der Waals surface area contributed by atoms with E-state index in [1.54, 1.807) is 24.3 Å². The summed E-state index contributed by atoms with van der Waals surface area (Å²) >= 11 is 0. The average Bonchev–Trinajstić information content (AvgIpc) is 2.91. The number of amides is 1. The van der Waals surface area contributed by atoms with Crippen LogP contribution in [0, 0.1) is 5.41 Å². The van der Waals surface area contributed by atoms with Crippen LogP contribution in [0.1, 0.15) is 44.0 Å². The molecule has 0 bridgehead atoms. The zero-order valence-corrected chi connectivity index (χ0v) is 13.5. The molecule has 0 saturated carbocycles. The van der Waals surface area contributed by atoms with Gasteiger partial charge < -0.3 is 10.6 Å². The maximum Gasteiger partial charge on any atom is 0.241 e. The number of nitrogens with one attached hydrogen (secondary N) is 2. The number of benzene rings is 1. The Bertz CT molecular complexity index is 500. The molecule has 1 atom stereocenters. The van der Waals surface area contributed by atoms with E-state index in [2.05, 4.69) is 10.6 Å². The molecular weight excluding hydrogens is 288 g/mol. The Hall–Kier alpha value is -1.39. The van der Waals surface area contributed by atoms with Gasteiger partial charge in [0.15, 0.2) is 5.78 Å². The number of carbonyl (C=O) groups excluding carboxylic acids is 2. The SMILES string of the molecule is CC(C)(C)C(=O)c1ccc(NC(=O)C2CCCN2)cc1.Cl. The minimum absolute atomic E-state index is 0. The molecule has 1 amide bonds. The van der Waals surface area contributed by atoms with Crippen molar-refractivity contribution in [3.63, 3.8) is 0 Å². The van der Waals surface area contributed by atoms with Crippen LogP contribution in [0.4, 0.5) is 5.69 Å². The van der Waals surface area contributed by atoms with Crippen LogP contribution in [-0.2, 0) is 4.79 Å². The normalized spacial score (nSPS) is 18.0. The molecule has 0 radical (unpaired) electrons. The van der Waals surface area contributed by atoms with Crippen LogP contribution in [0.3, 0.4) is 0 Å². The molecule has 1 heterocycles. The number of halogens is 1. The van der Waals surface area contributed by atoms with Crippen LogP contribution in [0.15, 0.2) is 24.3 Å². The van der Waals surface area contributed by atoms with Crippen LogP contribution >= 0.6 is 12.4 Å². The summed E-state index contributed by atoms with van der Waals surface area (Å²) in [5, 5.41) is 6.04. The van der Waals surface area contributed by atoms with Crippen LogP contribution in [0.5, 0.6) is 0 Å². The Balaban J connectivity index is 0.00000220. The summed E-state index contributed by atoms with van der Waals surface area (Å²) in [5.74, 6) is 0.102. The number of carbonyl (C=O) groups is 2. The van der Waals surface area contributed by atoms with E-state index in [1.165, 1.54) is 0 Å². The summed E-state index contributed by atoms with van der Waals surface area (Å²) in [5.41, 5.74) is 1.02. The van der Waals surface area contributed by atoms with Crippen LogP contribution in [0.2, 0.25) is 0 Å². The third-order valence-corrected chi connectivity index (χ3v) is 3.47. The van der Waals surface area contributed by atoms with Gasteiger partial charge in [0.2, 0.25) is 5.91 Å². The van der Waals surface area contributed by atoms with Gasteiger partial charge in [-0.05, 0) is 43.7 Å². The molecule has 1 aliphatic heterocycles. The summed E-state index contributed by atoms with van der Waals surface area (Å²) < 4.78 is 0. The topological polar surface area (TPSA) is 58.2 Å². The zero-order chi connectivity index (χ0) is 14.8. The first-order valence-electron chi connectivity index (χ1n) is 7.07. The van der Waals surface area contributed by atoms with E-state index in [-0.39, 0.29) is 30.1 Å². The molecule has 0 spiro atoms. The number of anilines is 1. The third-order valence-electron chi connectivity index (χ3n) is 3.47. The van der Waals surface area contributed by atoms with Gasteiger partial charge in [0.1, 0.15) is 0 Å². The van der Waals surface area contributed by atoms with Gasteiger partial charge in [-0.15, -0.1) is 12.4 Å². The Morgan fingerprint density at radius 1 is 1.19 bits per heavy atom. The lowest BCUT2D eigenvalue weighted by molar-refractivity contribution is -0.117. The van der Waals surface area contributed by atoms with Gasteiger partial charge in [-0.1, -0.05) is 20.8 Å². The summed E-state index contributed by atoms with van der Waals surface area (Å²) in [7, 11) is 0. The van der Waals surface area contributed by atoms with Crippen molar-refractivity contribution < 1.29 is 9.59 Å². The standard InChI is InChI=1S/C16H22N2O2.ClH/c1-16(2,3)14(19)11-6-8-12(9-7-11)18-15(20)13-5-4-10-17-13;/h6-9,13,17H,4-5,10H2,1-3H3,(H,18,20);1H. The van der Waals surface area contributed by atoms with Crippen molar-refractivity contribution >= 4 is 29.8 Å². The Labute approximate surface area is 132 Å². The van der Waals surface area contributed by atoms with E-state index in [0.717, 1.165) is 25.1 Å². The van der Waals surface area contributed by atoms with Gasteiger partial charge in [-0.25, -0.2) is 0 Å². The van der Waals surface area contributed by atoms with E-state index >= 15 is 0 Å². The van der Waals surface area contributed by atoms with E-state index < -0.39 is 5.41 Å². The molecule has 21 heavy (non-hydrogen) atoms. The Kier molecular flexibility index (Phi) is 5.93. The van der Waals surface area contributed by atoms with Crippen molar-refractivity contribution in [2.75, 3.05) is 11.9 Å². The first-order chi connectivity index (χ1) is 9.38. The van der Waals surface area contributed by atoms with Crippen molar-refractivity contribution in [3.05, 3.63) is 29.8 Å². The smallest absolute Gasteiger partial charge is 0.241 e. The highest BCUT2D eigenvalue weighted by Crippen LogP contribution is 2.22. The van der Waals surface area contributed by atoms with Crippen LogP contribution in [0.25, 0.3) is 0 Å². The summed E-state index contributed by atoms with van der Waals surface area (Å²) in [6, 6.07) is 7.01. The molecule has 1 saturated heterocycles. The lowest BCUT2D eigenvalue weighted by Gasteiger charge is -2.17. The minimum atomic E-state index is -0.390. The van der Waals surface area contributed by atoms with Gasteiger partial charge in [0, 0.05) is 16.7 Å². The molecule has 1 aromatic rings. The van der Waals surface area contributed by atoms with E-state index in [1.807, 2.05) is 20.8 Å². The highest BCUT2D eigenvalue weighted by Gasteiger charge is 2.24. The van der Waals surface area contributed by atoms with Gasteiger partial charge in [0.25, 0.3) is 0 Å². The lowest BCUT2D eigenvalue weighted by Crippen LogP contribution is -2.35. The number of rotatable bonds is 3. The summed E-state index contributed by atoms with van der Waals surface area (Å²) in [6.45, 7) is 6.60. The van der Waals surface area contributed by atoms with Crippen molar-refractivity contribution in [2.24, 2.45) is 5.41 Å². The number of Topliss-reactive ketones (excluding diaryl/α,β-unsaturated/α-hetero) is 1. The molecule has 116 valence electrons. The van der Waals surface area contributed by atoms with Gasteiger partial charge in [-0.3, -0.25) is 9.59 Å². The summed E-state index contributed by atoms with van der Waals surface area (Å²) in [6.07, 6.45) is 1.92. The van der Waals surface area contributed by atoms with Crippen molar-refractivity contribution in [2.45, 2.75) is 39.7 Å². The fourth-order valence-corrected chi connectivity index (χ4v) is 2.28. The quantitative estimate of drug-likeness (QED) is 0.844. The van der Waals surface area contributed by atoms with Gasteiger partial charge >= 0.3 is 0 Å². The second-order valence-electron chi connectivity index (χ2n) is 6.29. The second kappa shape index (κ2) is 7.05. The minimum Gasteiger partial charge on any atom is -0.325 e. The largest absolute Gasteiger partial charge is 0.325 e. The molecule has 1 aromatic carbocycles. The molecule has 1 fully saturated rings. The van der Waals surface area contributed by atoms with Crippen molar-refractivity contribution in [1.82, 2.24) is 5.32 Å². The molecule has 1 unspecified atom stereocenters. The predicted molar refractivity (Wildman–Crippen MR) is 87.1 cm³/mol. The Morgan fingerprint density at radius 2 is 1.81 bits per heavy atom. The highest BCUT2D eigenvalue weighted by molar-refractivity contribution is 6.00. The molecule has 1 aliphatic rings. The lowest BCUT2D eigenvalue weighted by atomic mass is 9.86. The molecule has 5 heteroatoms. The van der Waals surface area contributed by atoms with Crippen LogP contribution < -0.4 is 10.6 Å². The molecule has 2 rings (SSSR count). The second-order valence-corrected chi connectivity index (χ2v) is 6.29. The number of hydrogen-bond donors (Lipinski definition) is 2. The number of ketones is 1. The fraction of sp³-hybridized carbons (Fsp3) is 0.500. The molecule has 2 N–H and O–H groups in total. The zero-order valence-electron chi connectivity index (χ0n) is 12.7. The monoisotopic (exact) mass is 310 g/mol. The molecule has 4 nitrogen and oxygen atoms in total. The fourth-order valence-electron chi connectivity index (χ4n) is 2.28. The predicted octanol–water partition coefficient (Wildman–Crippen LogP) is 3.03. The van der Waals surface area contributed by atoms with Crippen molar-refractivity contribution in [1.29, 1.82) is 0 Å². The van der Waals surface area contributed by atoms with E-state index in [9.17, 15) is 9.59 Å². The first-order valence-corrected chi connectivity index (χ1v) is 7.07. The average molecular weight is 311 g/mol. The van der Waals surface area contributed by atoms with Gasteiger partial charge in [0.05, 0.1) is 6.04 Å². The first kappa shape index (κ1) is 17.7.